The standard InChI is InChI=1S/C27H30FN5O4S/c28-22-1-3-23(4-2-22)33-25-15-21-7-9-32(19-27(21,8-12-34)16-20(25)17-30-33)38(35,36)24-5-6-26(29-18-24)31-10-13-37-14-11-31/h1-6,15,17-18,34H,7-14,16,19H2. The summed E-state index contributed by atoms with van der Waals surface area (Å²) in [4.78, 5) is 6.70. The molecule has 2 aliphatic heterocycles. The molecule has 0 spiro atoms. The smallest absolute Gasteiger partial charge is 0.244 e. The molecule has 38 heavy (non-hydrogen) atoms. The molecule has 3 aliphatic rings. The summed E-state index contributed by atoms with van der Waals surface area (Å²) < 4.78 is 49.5. The summed E-state index contributed by atoms with van der Waals surface area (Å²) >= 11 is 0. The monoisotopic (exact) mass is 539 g/mol. The number of benzene rings is 1. The summed E-state index contributed by atoms with van der Waals surface area (Å²) in [5, 5.41) is 14.5. The molecule has 9 nitrogen and oxygen atoms in total. The van der Waals surface area contributed by atoms with Crippen LogP contribution >= 0.6 is 0 Å². The van der Waals surface area contributed by atoms with Gasteiger partial charge in [0.1, 0.15) is 16.5 Å². The molecular formula is C27H30FN5O4S. The summed E-state index contributed by atoms with van der Waals surface area (Å²) in [5.74, 6) is 0.431. The molecule has 2 saturated heterocycles. The maximum absolute atomic E-state index is 13.7. The number of aromatic nitrogens is 3. The Bertz CT molecular complexity index is 1450. The molecule has 1 unspecified atom stereocenters. The van der Waals surface area contributed by atoms with Gasteiger partial charge >= 0.3 is 0 Å². The van der Waals surface area contributed by atoms with Crippen molar-refractivity contribution in [1.29, 1.82) is 0 Å². The summed E-state index contributed by atoms with van der Waals surface area (Å²) in [6, 6.07) is 9.56. The molecule has 0 bridgehead atoms. The summed E-state index contributed by atoms with van der Waals surface area (Å²) in [6.07, 6.45) is 6.86. The Kier molecular flexibility index (Phi) is 6.55. The predicted octanol–water partition coefficient (Wildman–Crippen LogP) is 2.65. The van der Waals surface area contributed by atoms with Gasteiger partial charge in [0.2, 0.25) is 10.0 Å². The molecule has 1 aromatic carbocycles. The Labute approximate surface area is 221 Å². The summed E-state index contributed by atoms with van der Waals surface area (Å²) in [5.41, 5.74) is 3.23. The van der Waals surface area contributed by atoms with Gasteiger partial charge in [-0.2, -0.15) is 9.40 Å². The lowest BCUT2D eigenvalue weighted by atomic mass is 9.67. The lowest BCUT2D eigenvalue weighted by Gasteiger charge is -2.46. The highest BCUT2D eigenvalue weighted by atomic mass is 32.2. The molecule has 2 fully saturated rings. The van der Waals surface area contributed by atoms with E-state index in [-0.39, 0.29) is 23.9 Å². The van der Waals surface area contributed by atoms with E-state index in [1.165, 1.54) is 22.6 Å². The topological polar surface area (TPSA) is 101 Å². The van der Waals surface area contributed by atoms with Crippen LogP contribution in [0.4, 0.5) is 10.2 Å². The maximum Gasteiger partial charge on any atom is 0.244 e. The third kappa shape index (κ3) is 4.43. The first kappa shape index (κ1) is 25.2. The molecule has 0 saturated carbocycles. The number of aliphatic hydroxyl groups is 1. The van der Waals surface area contributed by atoms with Crippen LogP contribution in [-0.2, 0) is 21.2 Å². The molecule has 3 aromatic rings. The van der Waals surface area contributed by atoms with Gasteiger partial charge in [0.15, 0.2) is 0 Å². The highest BCUT2D eigenvalue weighted by Crippen LogP contribution is 2.47. The van der Waals surface area contributed by atoms with E-state index in [0.29, 0.717) is 39.0 Å². The van der Waals surface area contributed by atoms with Crippen LogP contribution in [-0.4, -0.2) is 78.6 Å². The van der Waals surface area contributed by atoms with Gasteiger partial charge in [-0.15, -0.1) is 0 Å². The minimum absolute atomic E-state index is 0.0531. The van der Waals surface area contributed by atoms with Gasteiger partial charge in [0, 0.05) is 44.4 Å². The molecule has 1 N–H and O–H groups in total. The molecule has 1 atom stereocenters. The van der Waals surface area contributed by atoms with Gasteiger partial charge in [-0.05, 0) is 67.3 Å². The highest BCUT2D eigenvalue weighted by Gasteiger charge is 2.45. The van der Waals surface area contributed by atoms with Gasteiger partial charge in [0.25, 0.3) is 0 Å². The van der Waals surface area contributed by atoms with Crippen molar-refractivity contribution in [3.8, 4) is 5.69 Å². The molecule has 1 aliphatic carbocycles. The Morgan fingerprint density at radius 1 is 1.05 bits per heavy atom. The van der Waals surface area contributed by atoms with Crippen LogP contribution in [0.2, 0.25) is 0 Å². The number of pyridine rings is 1. The summed E-state index contributed by atoms with van der Waals surface area (Å²) in [6.45, 7) is 3.27. The lowest BCUT2D eigenvalue weighted by Crippen LogP contribution is -2.49. The van der Waals surface area contributed by atoms with Crippen molar-refractivity contribution in [1.82, 2.24) is 19.1 Å². The van der Waals surface area contributed by atoms with E-state index < -0.39 is 15.4 Å². The molecule has 11 heteroatoms. The first-order valence-corrected chi connectivity index (χ1v) is 14.3. The molecule has 0 amide bonds. The highest BCUT2D eigenvalue weighted by molar-refractivity contribution is 7.89. The molecule has 0 radical (unpaired) electrons. The molecule has 4 heterocycles. The number of ether oxygens (including phenoxy) is 1. The summed E-state index contributed by atoms with van der Waals surface area (Å²) in [7, 11) is -3.77. The fourth-order valence-electron chi connectivity index (χ4n) is 5.82. The second-order valence-corrected chi connectivity index (χ2v) is 12.0. The lowest BCUT2D eigenvalue weighted by molar-refractivity contribution is 0.122. The van der Waals surface area contributed by atoms with Crippen LogP contribution in [0.1, 0.15) is 24.1 Å². The number of sulfonamides is 1. The minimum atomic E-state index is -3.77. The number of morpholine rings is 1. The zero-order chi connectivity index (χ0) is 26.3. The number of hydrogen-bond acceptors (Lipinski definition) is 7. The van der Waals surface area contributed by atoms with Crippen molar-refractivity contribution in [3.05, 3.63) is 71.4 Å². The second kappa shape index (κ2) is 9.88. The van der Waals surface area contributed by atoms with Crippen molar-refractivity contribution >= 4 is 21.9 Å². The normalized spacial score (nSPS) is 22.1. The third-order valence-corrected chi connectivity index (χ3v) is 9.70. The van der Waals surface area contributed by atoms with E-state index in [1.54, 1.807) is 35.1 Å². The fourth-order valence-corrected chi connectivity index (χ4v) is 7.30. The van der Waals surface area contributed by atoms with E-state index in [9.17, 15) is 17.9 Å². The van der Waals surface area contributed by atoms with Crippen LogP contribution in [0.15, 0.2) is 59.3 Å². The Morgan fingerprint density at radius 3 is 2.55 bits per heavy atom. The number of aliphatic hydroxyl groups excluding tert-OH is 1. The number of hydrogen-bond donors (Lipinski definition) is 1. The number of anilines is 1. The largest absolute Gasteiger partial charge is 0.396 e. The van der Waals surface area contributed by atoms with Gasteiger partial charge in [-0.1, -0.05) is 5.57 Å². The Morgan fingerprint density at radius 2 is 1.84 bits per heavy atom. The number of piperidine rings is 1. The van der Waals surface area contributed by atoms with E-state index in [0.717, 1.165) is 41.4 Å². The number of fused-ring (bicyclic) bond motifs is 2. The van der Waals surface area contributed by atoms with Gasteiger partial charge < -0.3 is 14.7 Å². The van der Waals surface area contributed by atoms with Crippen molar-refractivity contribution in [2.75, 3.05) is 50.9 Å². The van der Waals surface area contributed by atoms with Gasteiger partial charge in [-0.3, -0.25) is 0 Å². The number of rotatable bonds is 6. The van der Waals surface area contributed by atoms with Crippen molar-refractivity contribution < 1.29 is 22.7 Å². The fraction of sp³-hybridized carbons (Fsp3) is 0.407. The Balaban J connectivity index is 1.27. The van der Waals surface area contributed by atoms with Crippen molar-refractivity contribution in [2.45, 2.75) is 24.2 Å². The van der Waals surface area contributed by atoms with Crippen molar-refractivity contribution in [2.24, 2.45) is 5.41 Å². The Hall–Kier alpha value is -3.12. The van der Waals surface area contributed by atoms with Crippen LogP contribution in [0.5, 0.6) is 0 Å². The quantitative estimate of drug-likeness (QED) is 0.514. The average molecular weight is 540 g/mol. The van der Waals surface area contributed by atoms with E-state index in [1.807, 2.05) is 0 Å². The zero-order valence-corrected chi connectivity index (χ0v) is 21.8. The molecular weight excluding hydrogens is 509 g/mol. The van der Waals surface area contributed by atoms with Crippen molar-refractivity contribution in [3.63, 3.8) is 0 Å². The van der Waals surface area contributed by atoms with Gasteiger partial charge in [-0.25, -0.2) is 22.5 Å². The molecule has 200 valence electrons. The predicted molar refractivity (Wildman–Crippen MR) is 140 cm³/mol. The van der Waals surface area contributed by atoms with Crippen LogP contribution < -0.4 is 4.90 Å². The number of nitrogens with zero attached hydrogens (tertiary/aromatic N) is 5. The van der Waals surface area contributed by atoms with Crippen LogP contribution in [0, 0.1) is 11.2 Å². The van der Waals surface area contributed by atoms with E-state index >= 15 is 0 Å². The molecule has 2 aromatic heterocycles. The average Bonchev–Trinajstić information content (AvgIpc) is 3.34. The minimum Gasteiger partial charge on any atom is -0.396 e. The SMILES string of the molecule is O=S(=O)(c1ccc(N2CCOCC2)nc1)N1CCC2=Cc3c(cnn3-c3ccc(F)cc3)CC2(CCO)C1. The van der Waals surface area contributed by atoms with E-state index in [2.05, 4.69) is 21.1 Å². The molecule has 6 rings (SSSR count). The number of halogens is 1. The first-order valence-electron chi connectivity index (χ1n) is 12.8. The van der Waals surface area contributed by atoms with Crippen LogP contribution in [0.25, 0.3) is 11.8 Å². The van der Waals surface area contributed by atoms with E-state index in [4.69, 9.17) is 4.74 Å². The van der Waals surface area contributed by atoms with Gasteiger partial charge in [0.05, 0.1) is 30.8 Å². The zero-order valence-electron chi connectivity index (χ0n) is 21.0. The second-order valence-electron chi connectivity index (χ2n) is 10.1. The third-order valence-electron chi connectivity index (χ3n) is 7.87. The first-order chi connectivity index (χ1) is 18.4. The van der Waals surface area contributed by atoms with Crippen LogP contribution in [0.3, 0.4) is 0 Å². The maximum atomic E-state index is 13.7.